The van der Waals surface area contributed by atoms with Crippen LogP contribution in [0.2, 0.25) is 0 Å². The fourth-order valence-corrected chi connectivity index (χ4v) is 3.55. The van der Waals surface area contributed by atoms with Crippen LogP contribution in [0.3, 0.4) is 0 Å². The van der Waals surface area contributed by atoms with Crippen molar-refractivity contribution < 1.29 is 44.0 Å². The van der Waals surface area contributed by atoms with Crippen molar-refractivity contribution in [3.05, 3.63) is 29.8 Å². The van der Waals surface area contributed by atoms with Gasteiger partial charge in [0.1, 0.15) is 0 Å². The zero-order valence-corrected chi connectivity index (χ0v) is 19.3. The quantitative estimate of drug-likeness (QED) is 0.272. The maximum absolute atomic E-state index is 11.0. The van der Waals surface area contributed by atoms with Crippen LogP contribution < -0.4 is 35.3 Å². The standard InChI is InChI=1S/C20H35NO3S.Na.H/c21-18-12-10-8-6-4-2-1-3-5-7-9-11-13-19-14-16-20(17-15-19)25(22,23)24;;/h14-17H,1-13,18,21H2,(H,22,23,24);;/q;+1;-1. The van der Waals surface area contributed by atoms with E-state index >= 15 is 0 Å². The van der Waals surface area contributed by atoms with E-state index in [1.54, 1.807) is 12.1 Å². The molecule has 0 amide bonds. The van der Waals surface area contributed by atoms with Crippen LogP contribution in [0.15, 0.2) is 29.2 Å². The molecule has 0 fully saturated rings. The molecule has 146 valence electrons. The number of hydrogen-bond donors (Lipinski definition) is 2. The summed E-state index contributed by atoms with van der Waals surface area (Å²) in [6.07, 6.45) is 16.5. The molecule has 0 bridgehead atoms. The molecule has 1 rings (SSSR count). The van der Waals surface area contributed by atoms with Crippen LogP contribution in [-0.2, 0) is 16.5 Å². The van der Waals surface area contributed by atoms with Gasteiger partial charge in [-0.25, -0.2) is 0 Å². The molecule has 1 aromatic rings. The van der Waals surface area contributed by atoms with Gasteiger partial charge in [-0.1, -0.05) is 76.3 Å². The summed E-state index contributed by atoms with van der Waals surface area (Å²) in [4.78, 5) is -0.0318. The van der Waals surface area contributed by atoms with E-state index in [2.05, 4.69) is 0 Å². The molecule has 0 radical (unpaired) electrons. The first kappa shape index (κ1) is 26.1. The summed E-state index contributed by atoms with van der Waals surface area (Å²) in [5.41, 5.74) is 6.61. The molecule has 6 heteroatoms. The first-order valence-corrected chi connectivity index (χ1v) is 11.2. The second-order valence-corrected chi connectivity index (χ2v) is 8.32. The molecule has 0 unspecified atom stereocenters. The van der Waals surface area contributed by atoms with Crippen molar-refractivity contribution in [3.8, 4) is 0 Å². The van der Waals surface area contributed by atoms with Gasteiger partial charge in [0.15, 0.2) is 0 Å². The predicted molar refractivity (Wildman–Crippen MR) is 106 cm³/mol. The number of hydrogen-bond acceptors (Lipinski definition) is 3. The van der Waals surface area contributed by atoms with E-state index in [1.165, 1.54) is 82.8 Å². The summed E-state index contributed by atoms with van der Waals surface area (Å²) in [6.45, 7) is 0.829. The number of unbranched alkanes of at least 4 members (excludes halogenated alkanes) is 11. The van der Waals surface area contributed by atoms with Crippen LogP contribution >= 0.6 is 0 Å². The minimum absolute atomic E-state index is 0. The monoisotopic (exact) mass is 393 g/mol. The largest absolute Gasteiger partial charge is 1.00 e. The molecule has 0 saturated heterocycles. The molecule has 3 N–H and O–H groups in total. The van der Waals surface area contributed by atoms with E-state index in [9.17, 15) is 8.42 Å². The zero-order valence-electron chi connectivity index (χ0n) is 17.5. The molecule has 0 aliphatic carbocycles. The predicted octanol–water partition coefficient (Wildman–Crippen LogP) is 2.23. The van der Waals surface area contributed by atoms with Crippen molar-refractivity contribution in [2.45, 2.75) is 88.4 Å². The van der Waals surface area contributed by atoms with E-state index < -0.39 is 10.1 Å². The van der Waals surface area contributed by atoms with Crippen molar-refractivity contribution in [2.75, 3.05) is 6.54 Å². The maximum Gasteiger partial charge on any atom is 1.00 e. The van der Waals surface area contributed by atoms with E-state index in [4.69, 9.17) is 10.3 Å². The molecule has 26 heavy (non-hydrogen) atoms. The molecular formula is C20H36NNaO3S. The normalized spacial score (nSPS) is 11.3. The van der Waals surface area contributed by atoms with Crippen LogP contribution in [-0.4, -0.2) is 19.5 Å². The number of rotatable bonds is 15. The summed E-state index contributed by atoms with van der Waals surface area (Å²) in [5.74, 6) is 0. The molecular weight excluding hydrogens is 357 g/mol. The number of nitrogens with two attached hydrogens (primary N) is 1. The maximum atomic E-state index is 11.0. The molecule has 0 aliphatic rings. The molecule has 0 saturated carbocycles. The van der Waals surface area contributed by atoms with Gasteiger partial charge >= 0.3 is 29.6 Å². The average Bonchev–Trinajstić information content (AvgIpc) is 2.58. The third kappa shape index (κ3) is 13.3. The van der Waals surface area contributed by atoms with Gasteiger partial charge in [0.2, 0.25) is 0 Å². The Labute approximate surface area is 183 Å². The van der Waals surface area contributed by atoms with Gasteiger partial charge in [-0.3, -0.25) is 4.55 Å². The average molecular weight is 394 g/mol. The van der Waals surface area contributed by atoms with Crippen molar-refractivity contribution in [1.82, 2.24) is 0 Å². The van der Waals surface area contributed by atoms with Gasteiger partial charge in [0.05, 0.1) is 4.90 Å². The van der Waals surface area contributed by atoms with Crippen molar-refractivity contribution in [1.29, 1.82) is 0 Å². The van der Waals surface area contributed by atoms with E-state index in [0.717, 1.165) is 24.9 Å². The van der Waals surface area contributed by atoms with Crippen molar-refractivity contribution in [2.24, 2.45) is 5.73 Å². The summed E-state index contributed by atoms with van der Waals surface area (Å²) in [7, 11) is -4.07. The molecule has 1 aromatic carbocycles. The first-order valence-electron chi connectivity index (χ1n) is 9.80. The first-order chi connectivity index (χ1) is 12.0. The van der Waals surface area contributed by atoms with Crippen LogP contribution in [0.5, 0.6) is 0 Å². The van der Waals surface area contributed by atoms with Gasteiger partial charge in [-0.15, -0.1) is 0 Å². The third-order valence-electron chi connectivity index (χ3n) is 4.64. The van der Waals surface area contributed by atoms with E-state index in [0.29, 0.717) is 0 Å². The van der Waals surface area contributed by atoms with Crippen LogP contribution in [0.25, 0.3) is 0 Å². The Morgan fingerprint density at radius 1 is 0.731 bits per heavy atom. The molecule has 0 aliphatic heterocycles. The topological polar surface area (TPSA) is 80.4 Å². The number of benzene rings is 1. The third-order valence-corrected chi connectivity index (χ3v) is 5.51. The van der Waals surface area contributed by atoms with Crippen LogP contribution in [0, 0.1) is 0 Å². The Bertz CT molecular complexity index is 553. The molecule has 0 spiro atoms. The Balaban J connectivity index is 0. The minimum atomic E-state index is -4.07. The Hall–Kier alpha value is 0.0900. The summed E-state index contributed by atoms with van der Waals surface area (Å²) < 4.78 is 30.9. The van der Waals surface area contributed by atoms with Crippen molar-refractivity contribution >= 4 is 10.1 Å². The zero-order chi connectivity index (χ0) is 18.4. The molecule has 0 atom stereocenters. The second kappa shape index (κ2) is 16.1. The fraction of sp³-hybridized carbons (Fsp3) is 0.700. The van der Waals surface area contributed by atoms with Gasteiger partial charge < -0.3 is 7.16 Å². The van der Waals surface area contributed by atoms with Crippen LogP contribution in [0.4, 0.5) is 0 Å². The summed E-state index contributed by atoms with van der Waals surface area (Å²) in [6, 6.07) is 6.52. The van der Waals surface area contributed by atoms with Crippen LogP contribution in [0.1, 0.15) is 84.0 Å². The van der Waals surface area contributed by atoms with Gasteiger partial charge in [-0.05, 0) is 43.5 Å². The second-order valence-electron chi connectivity index (χ2n) is 6.90. The van der Waals surface area contributed by atoms with Crippen molar-refractivity contribution in [3.63, 3.8) is 0 Å². The Morgan fingerprint density at radius 2 is 1.12 bits per heavy atom. The SMILES string of the molecule is NCCCCCCCCCCCCCCc1ccc(S(=O)(=O)O)cc1.[H-].[Na+]. The smallest absolute Gasteiger partial charge is 1.00 e. The minimum Gasteiger partial charge on any atom is -1.00 e. The van der Waals surface area contributed by atoms with E-state index in [-0.39, 0.29) is 35.9 Å². The molecule has 0 aromatic heterocycles. The molecule has 4 nitrogen and oxygen atoms in total. The van der Waals surface area contributed by atoms with Gasteiger partial charge in [-0.2, -0.15) is 8.42 Å². The van der Waals surface area contributed by atoms with Gasteiger partial charge in [0, 0.05) is 0 Å². The van der Waals surface area contributed by atoms with E-state index in [1.807, 2.05) is 0 Å². The fourth-order valence-electron chi connectivity index (χ4n) is 3.07. The Kier molecular flexibility index (Phi) is 16.1. The summed E-state index contributed by atoms with van der Waals surface area (Å²) >= 11 is 0. The van der Waals surface area contributed by atoms with Gasteiger partial charge in [0.25, 0.3) is 10.1 Å². The molecule has 0 heterocycles. The number of aryl methyl sites for hydroxylation is 1. The Morgan fingerprint density at radius 3 is 1.50 bits per heavy atom. The summed E-state index contributed by atoms with van der Waals surface area (Å²) in [5, 5.41) is 0.